The number of nitrogens with zero attached hydrogens (tertiary/aromatic N) is 2. The molecule has 0 aliphatic rings. The predicted octanol–water partition coefficient (Wildman–Crippen LogP) is 5.08. The molecule has 0 spiro atoms. The lowest BCUT2D eigenvalue weighted by atomic mass is 10.2. The van der Waals surface area contributed by atoms with Crippen LogP contribution in [0.3, 0.4) is 0 Å². The number of ether oxygens (including phenoxy) is 1. The summed E-state index contributed by atoms with van der Waals surface area (Å²) in [5.41, 5.74) is 2.48. The zero-order valence-electron chi connectivity index (χ0n) is 20.3. The second-order valence-electron chi connectivity index (χ2n) is 8.18. The lowest BCUT2D eigenvalue weighted by molar-refractivity contribution is -0.143. The van der Waals surface area contributed by atoms with Crippen LogP contribution in [0.5, 0.6) is 0 Å². The molecule has 1 N–H and O–H groups in total. The number of sulfonamides is 1. The molecule has 0 unspecified atom stereocenters. The summed E-state index contributed by atoms with van der Waals surface area (Å²) in [7, 11) is -3.94. The van der Waals surface area contributed by atoms with Gasteiger partial charge in [0.25, 0.3) is 15.9 Å². The highest BCUT2D eigenvalue weighted by atomic mass is 35.5. The normalized spacial score (nSPS) is 12.1. The van der Waals surface area contributed by atoms with Crippen LogP contribution in [0.25, 0.3) is 10.2 Å². The van der Waals surface area contributed by atoms with Crippen molar-refractivity contribution in [3.05, 3.63) is 87.2 Å². The van der Waals surface area contributed by atoms with Crippen LogP contribution in [0, 0.1) is 13.8 Å². The molecule has 1 heterocycles. The summed E-state index contributed by atoms with van der Waals surface area (Å²) in [6, 6.07) is 16.1. The second-order valence-corrected chi connectivity index (χ2v) is 11.3. The topological polar surface area (TPSA) is 107 Å². The third kappa shape index (κ3) is 5.76. The highest BCUT2D eigenvalue weighted by Gasteiger charge is 2.20. The fourth-order valence-corrected chi connectivity index (χ4v) is 6.03. The quantitative estimate of drug-likeness (QED) is 0.319. The van der Waals surface area contributed by atoms with E-state index >= 15 is 0 Å². The van der Waals surface area contributed by atoms with E-state index in [2.05, 4.69) is 9.71 Å². The third-order valence-electron chi connectivity index (χ3n) is 5.55. The first-order valence-corrected chi connectivity index (χ1v) is 14.0. The van der Waals surface area contributed by atoms with Crippen LogP contribution in [0.1, 0.15) is 28.4 Å². The molecule has 0 radical (unpaired) electrons. The molecule has 37 heavy (non-hydrogen) atoms. The summed E-state index contributed by atoms with van der Waals surface area (Å²) in [6.07, 6.45) is 0. The van der Waals surface area contributed by atoms with Gasteiger partial charge in [-0.3, -0.25) is 14.3 Å². The van der Waals surface area contributed by atoms with Crippen molar-refractivity contribution in [2.24, 2.45) is 4.99 Å². The van der Waals surface area contributed by atoms with Crippen LogP contribution in [-0.2, 0) is 26.1 Å². The van der Waals surface area contributed by atoms with Crippen LogP contribution in [0.2, 0.25) is 5.02 Å². The van der Waals surface area contributed by atoms with E-state index in [9.17, 15) is 18.0 Å². The first kappa shape index (κ1) is 26.6. The number of esters is 1. The zero-order chi connectivity index (χ0) is 26.7. The molecule has 8 nitrogen and oxygen atoms in total. The molecule has 4 rings (SSSR count). The lowest BCUT2D eigenvalue weighted by Gasteiger charge is -2.11. The molecule has 4 aromatic rings. The fourth-order valence-electron chi connectivity index (χ4n) is 3.71. The number of amides is 1. The number of para-hydroxylation sites is 1. The second kappa shape index (κ2) is 10.9. The minimum atomic E-state index is -3.94. The minimum Gasteiger partial charge on any atom is -0.465 e. The van der Waals surface area contributed by atoms with Gasteiger partial charge in [-0.1, -0.05) is 52.8 Å². The number of benzene rings is 3. The van der Waals surface area contributed by atoms with Gasteiger partial charge in [-0.15, -0.1) is 0 Å². The van der Waals surface area contributed by atoms with Gasteiger partial charge in [0.15, 0.2) is 4.80 Å². The first-order chi connectivity index (χ1) is 17.6. The number of anilines is 1. The van der Waals surface area contributed by atoms with E-state index in [1.165, 1.54) is 35.6 Å². The first-order valence-electron chi connectivity index (χ1n) is 11.3. The number of carbonyl (C=O) groups is 2. The Balaban J connectivity index is 1.78. The maximum atomic E-state index is 13.3. The van der Waals surface area contributed by atoms with Crippen molar-refractivity contribution in [2.45, 2.75) is 32.2 Å². The zero-order valence-corrected chi connectivity index (χ0v) is 22.7. The number of hydrogen-bond acceptors (Lipinski definition) is 6. The van der Waals surface area contributed by atoms with Crippen LogP contribution >= 0.6 is 22.9 Å². The van der Waals surface area contributed by atoms with Gasteiger partial charge in [-0.2, -0.15) is 4.99 Å². The number of halogens is 1. The number of fused-ring (bicyclic) bond motifs is 1. The molecule has 192 valence electrons. The number of nitrogens with one attached hydrogen (secondary N) is 1. The molecule has 1 aromatic heterocycles. The number of aryl methyl sites for hydroxylation is 2. The molecular weight excluding hydrogens is 534 g/mol. The van der Waals surface area contributed by atoms with Crippen molar-refractivity contribution in [3.8, 4) is 0 Å². The number of hydrogen-bond donors (Lipinski definition) is 1. The van der Waals surface area contributed by atoms with E-state index in [1.807, 2.05) is 13.8 Å². The van der Waals surface area contributed by atoms with Crippen LogP contribution < -0.4 is 9.52 Å². The van der Waals surface area contributed by atoms with Gasteiger partial charge >= 0.3 is 5.97 Å². The maximum Gasteiger partial charge on any atom is 0.326 e. The minimum absolute atomic E-state index is 0.0630. The largest absolute Gasteiger partial charge is 0.465 e. The summed E-state index contributed by atoms with van der Waals surface area (Å²) in [6.45, 7) is 5.43. The van der Waals surface area contributed by atoms with Crippen molar-refractivity contribution < 1.29 is 22.7 Å². The van der Waals surface area contributed by atoms with Gasteiger partial charge in [-0.25, -0.2) is 8.42 Å². The Labute approximate surface area is 223 Å². The predicted molar refractivity (Wildman–Crippen MR) is 145 cm³/mol. The lowest BCUT2D eigenvalue weighted by Crippen LogP contribution is -2.23. The van der Waals surface area contributed by atoms with Crippen LogP contribution in [0.4, 0.5) is 5.69 Å². The van der Waals surface area contributed by atoms with Gasteiger partial charge in [0.2, 0.25) is 0 Å². The Morgan fingerprint density at radius 3 is 2.46 bits per heavy atom. The number of aromatic nitrogens is 1. The Kier molecular flexibility index (Phi) is 7.82. The van der Waals surface area contributed by atoms with Crippen molar-refractivity contribution in [1.82, 2.24) is 4.57 Å². The summed E-state index contributed by atoms with van der Waals surface area (Å²) >= 11 is 7.54. The molecule has 3 aromatic carbocycles. The van der Waals surface area contributed by atoms with Crippen LogP contribution in [-0.4, -0.2) is 31.5 Å². The Bertz CT molecular complexity index is 1670. The Hall–Kier alpha value is -3.47. The summed E-state index contributed by atoms with van der Waals surface area (Å²) < 4.78 is 35.9. The third-order valence-corrected chi connectivity index (χ3v) is 8.39. The van der Waals surface area contributed by atoms with Crippen LogP contribution in [0.15, 0.2) is 70.6 Å². The molecule has 0 fully saturated rings. The van der Waals surface area contributed by atoms with E-state index in [4.69, 9.17) is 16.3 Å². The molecule has 1 amide bonds. The number of thiazole rings is 1. The van der Waals surface area contributed by atoms with Gasteiger partial charge in [0, 0.05) is 5.02 Å². The number of rotatable bonds is 7. The molecule has 0 saturated heterocycles. The van der Waals surface area contributed by atoms with E-state index in [1.54, 1.807) is 47.9 Å². The van der Waals surface area contributed by atoms with Crippen molar-refractivity contribution >= 4 is 60.7 Å². The molecule has 0 aliphatic carbocycles. The van der Waals surface area contributed by atoms with E-state index in [0.717, 1.165) is 15.8 Å². The smallest absolute Gasteiger partial charge is 0.326 e. The summed E-state index contributed by atoms with van der Waals surface area (Å²) in [5, 5.41) is 0.511. The van der Waals surface area contributed by atoms with Gasteiger partial charge in [-0.05, 0) is 62.7 Å². The standard InChI is InChI=1S/C26H24ClN3O5S2/c1-4-35-23(31)15-30-24-17(3)20(27)13-14-22(24)36-26(30)28-25(32)19-7-5-6-8-21(19)29-37(33,34)18-11-9-16(2)10-12-18/h5-14,29H,4,15H2,1-3H3. The number of carbonyl (C=O) groups excluding carboxylic acids is 2. The van der Waals surface area contributed by atoms with E-state index in [0.29, 0.717) is 10.5 Å². The SMILES string of the molecule is CCOC(=O)Cn1c(=NC(=O)c2ccccc2NS(=O)(=O)c2ccc(C)cc2)sc2ccc(Cl)c(C)c21. The summed E-state index contributed by atoms with van der Waals surface area (Å²) in [5.74, 6) is -1.16. The molecular formula is C26H24ClN3O5S2. The van der Waals surface area contributed by atoms with Crippen molar-refractivity contribution in [1.29, 1.82) is 0 Å². The monoisotopic (exact) mass is 557 g/mol. The van der Waals surface area contributed by atoms with Gasteiger partial charge in [0.05, 0.1) is 33.0 Å². The maximum absolute atomic E-state index is 13.3. The Morgan fingerprint density at radius 1 is 1.05 bits per heavy atom. The molecule has 0 saturated carbocycles. The highest BCUT2D eigenvalue weighted by Crippen LogP contribution is 2.28. The molecule has 0 bridgehead atoms. The molecule has 0 atom stereocenters. The molecule has 0 aliphatic heterocycles. The highest BCUT2D eigenvalue weighted by molar-refractivity contribution is 7.92. The fraction of sp³-hybridized carbons (Fsp3) is 0.192. The Morgan fingerprint density at radius 2 is 1.76 bits per heavy atom. The summed E-state index contributed by atoms with van der Waals surface area (Å²) in [4.78, 5) is 30.3. The average molecular weight is 558 g/mol. The van der Waals surface area contributed by atoms with Crippen molar-refractivity contribution in [3.63, 3.8) is 0 Å². The van der Waals surface area contributed by atoms with E-state index in [-0.39, 0.29) is 34.1 Å². The van der Waals surface area contributed by atoms with Gasteiger partial charge in [0.1, 0.15) is 6.54 Å². The average Bonchev–Trinajstić information content (AvgIpc) is 3.19. The van der Waals surface area contributed by atoms with Crippen molar-refractivity contribution in [2.75, 3.05) is 11.3 Å². The van der Waals surface area contributed by atoms with Gasteiger partial charge < -0.3 is 9.30 Å². The van der Waals surface area contributed by atoms with E-state index < -0.39 is 21.9 Å². The molecule has 11 heteroatoms.